The standard InChI is InChI=1S/C15H15N3O/c1-2-18-13-9-15(11-17-10-13)19-14-5-3-12(4-6-14)7-8-16/h3-6,9-11,18H,2,7H2,1H3. The predicted octanol–water partition coefficient (Wildman–Crippen LogP) is 3.37. The summed E-state index contributed by atoms with van der Waals surface area (Å²) in [7, 11) is 0. The average molecular weight is 253 g/mol. The molecule has 0 spiro atoms. The first kappa shape index (κ1) is 12.9. The van der Waals surface area contributed by atoms with Gasteiger partial charge in [0, 0.05) is 12.6 Å². The molecular formula is C15H15N3O. The van der Waals surface area contributed by atoms with Crippen LogP contribution in [0.5, 0.6) is 11.5 Å². The smallest absolute Gasteiger partial charge is 0.147 e. The zero-order chi connectivity index (χ0) is 13.5. The first-order valence-corrected chi connectivity index (χ1v) is 6.14. The van der Waals surface area contributed by atoms with Crippen LogP contribution in [0.3, 0.4) is 0 Å². The molecule has 0 saturated carbocycles. The van der Waals surface area contributed by atoms with Crippen LogP contribution in [-0.2, 0) is 6.42 Å². The van der Waals surface area contributed by atoms with Crippen molar-refractivity contribution in [2.45, 2.75) is 13.3 Å². The second kappa shape index (κ2) is 6.41. The number of hydrogen-bond acceptors (Lipinski definition) is 4. The van der Waals surface area contributed by atoms with E-state index in [1.165, 1.54) is 0 Å². The lowest BCUT2D eigenvalue weighted by Gasteiger charge is -2.08. The number of pyridine rings is 1. The minimum Gasteiger partial charge on any atom is -0.456 e. The molecule has 0 unspecified atom stereocenters. The molecule has 1 aromatic carbocycles. The van der Waals surface area contributed by atoms with Gasteiger partial charge in [0.2, 0.25) is 0 Å². The monoisotopic (exact) mass is 253 g/mol. The molecule has 0 bridgehead atoms. The Bertz CT molecular complexity index is 573. The fourth-order valence-electron chi connectivity index (χ4n) is 1.68. The van der Waals surface area contributed by atoms with Crippen molar-refractivity contribution in [1.82, 2.24) is 4.98 Å². The molecule has 0 saturated heterocycles. The molecule has 19 heavy (non-hydrogen) atoms. The maximum atomic E-state index is 8.61. The van der Waals surface area contributed by atoms with E-state index in [1.54, 1.807) is 12.4 Å². The van der Waals surface area contributed by atoms with E-state index in [-0.39, 0.29) is 0 Å². The number of nitriles is 1. The number of nitrogens with zero attached hydrogens (tertiary/aromatic N) is 2. The quantitative estimate of drug-likeness (QED) is 0.887. The van der Waals surface area contributed by atoms with Crippen molar-refractivity contribution < 1.29 is 4.74 Å². The Morgan fingerprint density at radius 1 is 1.21 bits per heavy atom. The fraction of sp³-hybridized carbons (Fsp3) is 0.200. The first-order valence-electron chi connectivity index (χ1n) is 6.14. The first-order chi connectivity index (χ1) is 9.31. The maximum Gasteiger partial charge on any atom is 0.147 e. The van der Waals surface area contributed by atoms with Gasteiger partial charge in [0.15, 0.2) is 0 Å². The molecule has 96 valence electrons. The van der Waals surface area contributed by atoms with Crippen molar-refractivity contribution >= 4 is 5.69 Å². The van der Waals surface area contributed by atoms with Gasteiger partial charge in [0.1, 0.15) is 11.5 Å². The minimum absolute atomic E-state index is 0.414. The van der Waals surface area contributed by atoms with E-state index in [0.29, 0.717) is 12.2 Å². The topological polar surface area (TPSA) is 57.9 Å². The SMILES string of the molecule is CCNc1cncc(Oc2ccc(CC#N)cc2)c1. The van der Waals surface area contributed by atoms with Gasteiger partial charge in [-0.2, -0.15) is 5.26 Å². The van der Waals surface area contributed by atoms with Gasteiger partial charge < -0.3 is 10.1 Å². The van der Waals surface area contributed by atoms with Gasteiger partial charge in [-0.25, -0.2) is 0 Å². The lowest BCUT2D eigenvalue weighted by atomic mass is 10.2. The predicted molar refractivity (Wildman–Crippen MR) is 74.2 cm³/mol. The van der Waals surface area contributed by atoms with Gasteiger partial charge in [-0.05, 0) is 24.6 Å². The van der Waals surface area contributed by atoms with Crippen molar-refractivity contribution in [3.63, 3.8) is 0 Å². The summed E-state index contributed by atoms with van der Waals surface area (Å²) < 4.78 is 5.71. The summed E-state index contributed by atoms with van der Waals surface area (Å²) in [6.45, 7) is 2.87. The van der Waals surface area contributed by atoms with Crippen molar-refractivity contribution in [2.75, 3.05) is 11.9 Å². The molecular weight excluding hydrogens is 238 g/mol. The second-order valence-corrected chi connectivity index (χ2v) is 4.02. The number of anilines is 1. The molecule has 0 aliphatic heterocycles. The minimum atomic E-state index is 0.414. The highest BCUT2D eigenvalue weighted by atomic mass is 16.5. The Hall–Kier alpha value is -2.54. The van der Waals surface area contributed by atoms with E-state index in [1.807, 2.05) is 37.3 Å². The highest BCUT2D eigenvalue weighted by Crippen LogP contribution is 2.23. The van der Waals surface area contributed by atoms with Crippen LogP contribution in [0.2, 0.25) is 0 Å². The summed E-state index contributed by atoms with van der Waals surface area (Å²) in [5, 5.41) is 11.8. The van der Waals surface area contributed by atoms with Gasteiger partial charge in [-0.15, -0.1) is 0 Å². The number of aromatic nitrogens is 1. The van der Waals surface area contributed by atoms with E-state index < -0.39 is 0 Å². The van der Waals surface area contributed by atoms with Crippen molar-refractivity contribution in [2.24, 2.45) is 0 Å². The fourth-order valence-corrected chi connectivity index (χ4v) is 1.68. The third kappa shape index (κ3) is 3.71. The lowest BCUT2D eigenvalue weighted by molar-refractivity contribution is 0.480. The van der Waals surface area contributed by atoms with E-state index in [0.717, 1.165) is 23.5 Å². The summed E-state index contributed by atoms with van der Waals surface area (Å²) in [5.74, 6) is 1.42. The van der Waals surface area contributed by atoms with E-state index in [4.69, 9.17) is 10.00 Å². The molecule has 0 aliphatic carbocycles. The van der Waals surface area contributed by atoms with Crippen LogP contribution >= 0.6 is 0 Å². The van der Waals surface area contributed by atoms with Crippen LogP contribution in [0.15, 0.2) is 42.7 Å². The molecule has 4 nitrogen and oxygen atoms in total. The number of benzene rings is 1. The van der Waals surface area contributed by atoms with Crippen molar-refractivity contribution in [3.05, 3.63) is 48.3 Å². The summed E-state index contributed by atoms with van der Waals surface area (Å²) in [6, 6.07) is 11.5. The normalized spacial score (nSPS) is 9.68. The second-order valence-electron chi connectivity index (χ2n) is 4.02. The number of rotatable bonds is 5. The highest BCUT2D eigenvalue weighted by molar-refractivity contribution is 5.46. The zero-order valence-electron chi connectivity index (χ0n) is 10.8. The molecule has 1 aromatic heterocycles. The average Bonchev–Trinajstić information content (AvgIpc) is 2.42. The van der Waals surface area contributed by atoms with Crippen LogP contribution in [0.4, 0.5) is 5.69 Å². The lowest BCUT2D eigenvalue weighted by Crippen LogP contribution is -1.97. The molecule has 1 heterocycles. The van der Waals surface area contributed by atoms with E-state index in [2.05, 4.69) is 16.4 Å². The van der Waals surface area contributed by atoms with Gasteiger partial charge in [-0.3, -0.25) is 4.98 Å². The number of nitrogens with one attached hydrogen (secondary N) is 1. The molecule has 0 amide bonds. The Balaban J connectivity index is 2.08. The molecule has 0 fully saturated rings. The van der Waals surface area contributed by atoms with Crippen molar-refractivity contribution in [1.29, 1.82) is 5.26 Å². The molecule has 2 aromatic rings. The summed E-state index contributed by atoms with van der Waals surface area (Å²) in [4.78, 5) is 4.12. The van der Waals surface area contributed by atoms with Crippen molar-refractivity contribution in [3.8, 4) is 17.6 Å². The van der Waals surface area contributed by atoms with Crippen LogP contribution in [-0.4, -0.2) is 11.5 Å². The van der Waals surface area contributed by atoms with Crippen LogP contribution in [0.25, 0.3) is 0 Å². The van der Waals surface area contributed by atoms with Gasteiger partial charge in [0.05, 0.1) is 30.6 Å². The number of ether oxygens (including phenoxy) is 1. The molecule has 0 atom stereocenters. The van der Waals surface area contributed by atoms with E-state index in [9.17, 15) is 0 Å². The van der Waals surface area contributed by atoms with Gasteiger partial charge >= 0.3 is 0 Å². The maximum absolute atomic E-state index is 8.61. The molecule has 0 radical (unpaired) electrons. The summed E-state index contributed by atoms with van der Waals surface area (Å²) >= 11 is 0. The molecule has 2 rings (SSSR count). The Morgan fingerprint density at radius 3 is 2.68 bits per heavy atom. The van der Waals surface area contributed by atoms with E-state index >= 15 is 0 Å². The third-order valence-corrected chi connectivity index (χ3v) is 2.54. The third-order valence-electron chi connectivity index (χ3n) is 2.54. The summed E-state index contributed by atoms with van der Waals surface area (Å²) in [5.41, 5.74) is 1.91. The molecule has 4 heteroatoms. The Labute approximate surface area is 112 Å². The van der Waals surface area contributed by atoms with Crippen LogP contribution in [0.1, 0.15) is 12.5 Å². The molecule has 1 N–H and O–H groups in total. The zero-order valence-corrected chi connectivity index (χ0v) is 10.8. The van der Waals surface area contributed by atoms with Gasteiger partial charge in [-0.1, -0.05) is 12.1 Å². The van der Waals surface area contributed by atoms with Crippen LogP contribution in [0, 0.1) is 11.3 Å². The highest BCUT2D eigenvalue weighted by Gasteiger charge is 2.00. The van der Waals surface area contributed by atoms with Crippen LogP contribution < -0.4 is 10.1 Å². The Kier molecular flexibility index (Phi) is 4.35. The Morgan fingerprint density at radius 2 is 2.00 bits per heavy atom. The van der Waals surface area contributed by atoms with Gasteiger partial charge in [0.25, 0.3) is 0 Å². The number of hydrogen-bond donors (Lipinski definition) is 1. The molecule has 0 aliphatic rings. The largest absolute Gasteiger partial charge is 0.456 e. The summed E-state index contributed by atoms with van der Waals surface area (Å²) in [6.07, 6.45) is 3.84.